The van der Waals surface area contributed by atoms with Crippen molar-refractivity contribution < 1.29 is 29.1 Å². The van der Waals surface area contributed by atoms with Gasteiger partial charge in [0, 0.05) is 17.3 Å². The molecule has 3 aromatic rings. The molecule has 3 aromatic heterocycles. The Morgan fingerprint density at radius 2 is 1.65 bits per heavy atom. The van der Waals surface area contributed by atoms with E-state index in [4.69, 9.17) is 0 Å². The minimum atomic E-state index is -1.23. The van der Waals surface area contributed by atoms with E-state index >= 15 is 0 Å². The summed E-state index contributed by atoms with van der Waals surface area (Å²) < 4.78 is 2.61. The minimum Gasteiger partial charge on any atom is -0.477 e. The van der Waals surface area contributed by atoms with Gasteiger partial charge in [-0.15, -0.1) is 49.0 Å². The van der Waals surface area contributed by atoms with E-state index in [2.05, 4.69) is 46.6 Å². The molecule has 256 valence electrons. The number of amides is 4. The highest BCUT2D eigenvalue weighted by Crippen LogP contribution is 2.44. The molecule has 49 heavy (non-hydrogen) atoms. The number of aromatic nitrogens is 8. The van der Waals surface area contributed by atoms with Crippen LogP contribution in [-0.4, -0.2) is 131 Å². The van der Waals surface area contributed by atoms with Crippen molar-refractivity contribution in [2.75, 3.05) is 17.3 Å². The summed E-state index contributed by atoms with van der Waals surface area (Å²) in [7, 11) is 0. The number of carbonyl (C=O) groups is 5. The van der Waals surface area contributed by atoms with Crippen LogP contribution in [0.2, 0.25) is 0 Å². The number of hydrogen-bond acceptors (Lipinski definition) is 18. The predicted octanol–water partition coefficient (Wildman–Crippen LogP) is -0.0315. The highest BCUT2D eigenvalue weighted by atomic mass is 32.2. The average Bonchev–Trinajstić information content (AvgIpc) is 3.85. The third-order valence-electron chi connectivity index (χ3n) is 7.62. The van der Waals surface area contributed by atoms with Crippen molar-refractivity contribution >= 4 is 99.3 Å². The topological polar surface area (TPSA) is 231 Å². The van der Waals surface area contributed by atoms with Crippen molar-refractivity contribution in [3.8, 4) is 0 Å². The van der Waals surface area contributed by atoms with Gasteiger partial charge in [-0.1, -0.05) is 46.2 Å². The third kappa shape index (κ3) is 6.68. The van der Waals surface area contributed by atoms with Crippen LogP contribution in [0.25, 0.3) is 0 Å². The minimum absolute atomic E-state index is 0.0929. The Balaban J connectivity index is 1.06. The molecule has 0 aliphatic carbocycles. The van der Waals surface area contributed by atoms with Crippen molar-refractivity contribution in [2.24, 2.45) is 0 Å². The number of fused-ring (bicyclic) bond motifs is 2. The van der Waals surface area contributed by atoms with E-state index in [1.165, 1.54) is 90.5 Å². The van der Waals surface area contributed by atoms with Crippen LogP contribution < -0.4 is 10.6 Å². The van der Waals surface area contributed by atoms with Crippen LogP contribution in [0.4, 0.5) is 0 Å². The second-order valence-corrected chi connectivity index (χ2v) is 17.7. The Bertz CT molecular complexity index is 1900. The van der Waals surface area contributed by atoms with Gasteiger partial charge in [0.1, 0.15) is 57.5 Å². The number of carboxylic acid groups (broad SMARTS) is 1. The Morgan fingerprint density at radius 3 is 2.29 bits per heavy atom. The molecule has 3 N–H and O–H groups in total. The lowest BCUT2D eigenvalue weighted by Gasteiger charge is -2.53. The molecule has 5 atom stereocenters. The molecular weight excluding hydrogens is 757 g/mol. The van der Waals surface area contributed by atoms with E-state index in [0.717, 1.165) is 10.0 Å². The Hall–Kier alpha value is -3.58. The van der Waals surface area contributed by atoms with Gasteiger partial charge < -0.3 is 20.6 Å². The standard InChI is InChI=1S/C25H24N12O6S6/c1-9-29-31-24(48-9)46-6-11-4-44-21-14(27-13(38)3-35-8-26-33-34-35)19(40)36(21)16(11)18(39)28-15-20(41)37-17(23(42)43)12(5-45-22(15)37)7-47-25-32-30-10(2)49-25/h4,8,14-16,21-22H,3,5-7H2,1-2H3,(H,27,38)(H,28,39)(H,42,43)/t14-,15-,16?,21-,22-/m1/s1. The summed E-state index contributed by atoms with van der Waals surface area (Å²) in [6.07, 6.45) is 1.28. The first-order chi connectivity index (χ1) is 23.6. The first kappa shape index (κ1) is 33.9. The van der Waals surface area contributed by atoms with E-state index in [-0.39, 0.29) is 12.2 Å². The fourth-order valence-electron chi connectivity index (χ4n) is 5.46. The van der Waals surface area contributed by atoms with Gasteiger partial charge in [0.15, 0.2) is 8.68 Å². The summed E-state index contributed by atoms with van der Waals surface area (Å²) in [5.41, 5.74) is 1.09. The largest absolute Gasteiger partial charge is 0.477 e. The first-order valence-electron chi connectivity index (χ1n) is 14.3. The van der Waals surface area contributed by atoms with Crippen LogP contribution in [0.5, 0.6) is 0 Å². The second-order valence-electron chi connectivity index (χ2n) is 10.8. The van der Waals surface area contributed by atoms with Crippen LogP contribution in [-0.2, 0) is 30.5 Å². The maximum Gasteiger partial charge on any atom is 0.352 e. The Labute approximate surface area is 301 Å². The van der Waals surface area contributed by atoms with Gasteiger partial charge >= 0.3 is 5.97 Å². The van der Waals surface area contributed by atoms with Gasteiger partial charge in [-0.2, -0.15) is 0 Å². The predicted molar refractivity (Wildman–Crippen MR) is 180 cm³/mol. The first-order valence-corrected chi connectivity index (χ1v) is 19.9. The number of nitrogens with one attached hydrogen (secondary N) is 2. The van der Waals surface area contributed by atoms with Crippen LogP contribution in [0.1, 0.15) is 10.0 Å². The van der Waals surface area contributed by atoms with Gasteiger partial charge in [0.25, 0.3) is 5.91 Å². The van der Waals surface area contributed by atoms with Gasteiger partial charge in [0.2, 0.25) is 17.7 Å². The number of aliphatic carboxylic acids is 1. The van der Waals surface area contributed by atoms with Gasteiger partial charge in [0.05, 0.1) is 0 Å². The van der Waals surface area contributed by atoms with E-state index in [1.807, 2.05) is 13.8 Å². The fraction of sp³-hybridized carbons (Fsp3) is 0.440. The number of carboxylic acids is 1. The van der Waals surface area contributed by atoms with E-state index in [1.54, 1.807) is 5.41 Å². The zero-order valence-electron chi connectivity index (χ0n) is 25.3. The molecule has 0 spiro atoms. The van der Waals surface area contributed by atoms with Crippen molar-refractivity contribution in [1.29, 1.82) is 0 Å². The third-order valence-corrected chi connectivity index (χ3v) is 14.3. The van der Waals surface area contributed by atoms with E-state index in [9.17, 15) is 29.1 Å². The second kappa shape index (κ2) is 14.0. The highest BCUT2D eigenvalue weighted by Gasteiger charge is 2.58. The Kier molecular flexibility index (Phi) is 9.66. The zero-order chi connectivity index (χ0) is 34.4. The number of aryl methyl sites for hydroxylation is 2. The molecule has 2 fully saturated rings. The van der Waals surface area contributed by atoms with Gasteiger partial charge in [-0.05, 0) is 40.8 Å². The SMILES string of the molecule is Cc1nnc(SCC2=CS[C@@H]3[C@H](NC(=O)Cn4cnnn4)C(=O)N3C2C(=O)N[C@@H]2C(=O)N3C(C(=O)O)=C(CSc4nnc(C)s4)CS[C@H]23)s1. The summed E-state index contributed by atoms with van der Waals surface area (Å²) in [5, 5.41) is 44.7. The molecule has 0 aromatic carbocycles. The quantitative estimate of drug-likeness (QED) is 0.162. The van der Waals surface area contributed by atoms with Gasteiger partial charge in [-0.25, -0.2) is 9.48 Å². The lowest BCUT2D eigenvalue weighted by atomic mass is 9.96. The van der Waals surface area contributed by atoms with Crippen LogP contribution in [0, 0.1) is 13.8 Å². The molecule has 4 aliphatic heterocycles. The van der Waals surface area contributed by atoms with Crippen LogP contribution in [0.3, 0.4) is 0 Å². The number of β-lactam (4-membered cyclic amide) rings is 2. The monoisotopic (exact) mass is 780 g/mol. The van der Waals surface area contributed by atoms with Crippen molar-refractivity contribution in [3.63, 3.8) is 0 Å². The van der Waals surface area contributed by atoms with Crippen LogP contribution in [0.15, 0.2) is 37.3 Å². The molecule has 4 amide bonds. The summed E-state index contributed by atoms with van der Waals surface area (Å²) in [6.45, 7) is 3.47. The normalized spacial score (nSPS) is 24.4. The average molecular weight is 781 g/mol. The summed E-state index contributed by atoms with van der Waals surface area (Å²) in [6, 6.07) is -2.96. The highest BCUT2D eigenvalue weighted by molar-refractivity contribution is 8.03. The number of carbonyl (C=O) groups excluding carboxylic acids is 4. The molecule has 18 nitrogen and oxygen atoms in total. The van der Waals surface area contributed by atoms with Crippen LogP contribution >= 0.6 is 69.7 Å². The molecule has 24 heteroatoms. The van der Waals surface area contributed by atoms with E-state index in [0.29, 0.717) is 37.1 Å². The number of hydrogen-bond donors (Lipinski definition) is 3. The Morgan fingerprint density at radius 1 is 0.959 bits per heavy atom. The van der Waals surface area contributed by atoms with Gasteiger partial charge in [-0.3, -0.25) is 24.1 Å². The maximum absolute atomic E-state index is 14.0. The molecule has 0 bridgehead atoms. The van der Waals surface area contributed by atoms with E-state index < -0.39 is 58.5 Å². The van der Waals surface area contributed by atoms with Crippen molar-refractivity contribution in [1.82, 2.24) is 61.0 Å². The smallest absolute Gasteiger partial charge is 0.352 e. The van der Waals surface area contributed by atoms with Crippen molar-refractivity contribution in [3.05, 3.63) is 38.6 Å². The molecule has 4 aliphatic rings. The number of thioether (sulfide) groups is 4. The maximum atomic E-state index is 14.0. The number of tetrazole rings is 1. The zero-order valence-corrected chi connectivity index (χ0v) is 30.2. The summed E-state index contributed by atoms with van der Waals surface area (Å²) in [4.78, 5) is 68.6. The number of rotatable bonds is 12. The molecule has 0 saturated carbocycles. The molecule has 7 heterocycles. The number of nitrogens with zero attached hydrogens (tertiary/aromatic N) is 10. The fourth-order valence-corrected chi connectivity index (χ4v) is 11.9. The molecule has 7 rings (SSSR count). The lowest BCUT2D eigenvalue weighted by Crippen LogP contribution is -2.76. The summed E-state index contributed by atoms with van der Waals surface area (Å²) >= 11 is 8.19. The molecule has 1 unspecified atom stereocenters. The molecule has 2 saturated heterocycles. The summed E-state index contributed by atoms with van der Waals surface area (Å²) in [5.74, 6) is -2.31. The lowest BCUT2D eigenvalue weighted by molar-refractivity contribution is -0.157. The van der Waals surface area contributed by atoms with Crippen molar-refractivity contribution in [2.45, 2.75) is 57.9 Å². The molecule has 0 radical (unpaired) electrons. The molecular formula is C25H24N12O6S6.